The average molecular weight is 552 g/mol. The molecule has 39 heavy (non-hydrogen) atoms. The molecule has 3 aromatic rings. The van der Waals surface area contributed by atoms with Crippen molar-refractivity contribution in [3.63, 3.8) is 0 Å². The van der Waals surface area contributed by atoms with Crippen LogP contribution in [0.5, 0.6) is 11.5 Å². The highest BCUT2D eigenvalue weighted by Gasteiger charge is 2.35. The molecule has 1 heterocycles. The largest absolute Gasteiger partial charge is 0.493 e. The second-order valence-corrected chi connectivity index (χ2v) is 9.90. The number of nitro groups is 1. The van der Waals surface area contributed by atoms with Crippen LogP contribution in [-0.2, 0) is 4.79 Å². The van der Waals surface area contributed by atoms with Gasteiger partial charge in [-0.05, 0) is 47.9 Å². The third-order valence-electron chi connectivity index (χ3n) is 7.04. The zero-order chi connectivity index (χ0) is 27.9. The lowest BCUT2D eigenvalue weighted by molar-refractivity contribution is -0.384. The Kier molecular flexibility index (Phi) is 9.14. The smallest absolute Gasteiger partial charge is 0.269 e. The second-order valence-electron chi connectivity index (χ2n) is 9.51. The van der Waals surface area contributed by atoms with Crippen LogP contribution >= 0.6 is 11.6 Å². The van der Waals surface area contributed by atoms with Gasteiger partial charge in [0.2, 0.25) is 0 Å². The fraction of sp³-hybridized carbons (Fsp3) is 0.345. The lowest BCUT2D eigenvalue weighted by atomic mass is 9.83. The minimum Gasteiger partial charge on any atom is -0.493 e. The van der Waals surface area contributed by atoms with Gasteiger partial charge in [-0.1, -0.05) is 43.7 Å². The molecular weight excluding hydrogens is 522 g/mol. The van der Waals surface area contributed by atoms with Crippen molar-refractivity contribution in [3.8, 4) is 11.5 Å². The summed E-state index contributed by atoms with van der Waals surface area (Å²) in [6.07, 6.45) is 6.82. The van der Waals surface area contributed by atoms with Gasteiger partial charge in [0.1, 0.15) is 11.2 Å². The number of carbonyl (C=O) groups is 2. The van der Waals surface area contributed by atoms with Gasteiger partial charge in [0.15, 0.2) is 17.3 Å². The molecule has 10 heteroatoms. The van der Waals surface area contributed by atoms with Crippen molar-refractivity contribution in [1.29, 1.82) is 0 Å². The third kappa shape index (κ3) is 6.54. The second kappa shape index (κ2) is 12.7. The highest BCUT2D eigenvalue weighted by Crippen LogP contribution is 2.38. The van der Waals surface area contributed by atoms with Crippen LogP contribution in [0.3, 0.4) is 0 Å². The van der Waals surface area contributed by atoms with Crippen LogP contribution in [0.15, 0.2) is 60.8 Å². The third-order valence-corrected chi connectivity index (χ3v) is 7.26. The first-order valence-electron chi connectivity index (χ1n) is 12.8. The number of pyridine rings is 1. The molecule has 0 spiro atoms. The van der Waals surface area contributed by atoms with E-state index < -0.39 is 16.9 Å². The maximum Gasteiger partial charge on any atom is 0.269 e. The SMILES string of the molecule is COc1ccc(N(C(=O)c2ccc(Cl)nc2)C(C(=O)CC2CCCCC2)c2ccc([N+](=O)[O-])cc2)cc1OC. The van der Waals surface area contributed by atoms with E-state index in [1.807, 2.05) is 0 Å². The summed E-state index contributed by atoms with van der Waals surface area (Å²) in [5.41, 5.74) is 0.981. The van der Waals surface area contributed by atoms with Gasteiger partial charge in [0, 0.05) is 36.5 Å². The van der Waals surface area contributed by atoms with Gasteiger partial charge in [0.25, 0.3) is 11.6 Å². The van der Waals surface area contributed by atoms with E-state index in [4.69, 9.17) is 21.1 Å². The predicted octanol–water partition coefficient (Wildman–Crippen LogP) is 6.59. The lowest BCUT2D eigenvalue weighted by Crippen LogP contribution is -2.40. The first-order chi connectivity index (χ1) is 18.8. The Morgan fingerprint density at radius 3 is 2.31 bits per heavy atom. The number of carbonyl (C=O) groups excluding carboxylic acids is 2. The molecular formula is C29H30ClN3O6. The van der Waals surface area contributed by atoms with Crippen LogP contribution < -0.4 is 14.4 Å². The Labute approximate surface area is 231 Å². The Balaban J connectivity index is 1.86. The molecule has 1 atom stereocenters. The number of Topliss-reactive ketones (excluding diaryl/α,β-unsaturated/α-hetero) is 1. The highest BCUT2D eigenvalue weighted by molar-refractivity contribution is 6.29. The molecule has 0 aliphatic heterocycles. The first kappa shape index (κ1) is 28.0. The number of ether oxygens (including phenoxy) is 2. The van der Waals surface area contributed by atoms with Gasteiger partial charge in [-0.3, -0.25) is 24.6 Å². The van der Waals surface area contributed by atoms with Crippen molar-refractivity contribution in [2.24, 2.45) is 5.92 Å². The molecule has 0 N–H and O–H groups in total. The number of ketones is 1. The quantitative estimate of drug-likeness (QED) is 0.159. The molecule has 1 aliphatic carbocycles. The Morgan fingerprint density at radius 2 is 1.72 bits per heavy atom. The predicted molar refractivity (Wildman–Crippen MR) is 148 cm³/mol. The van der Waals surface area contributed by atoms with E-state index in [9.17, 15) is 19.7 Å². The molecule has 0 radical (unpaired) electrons. The molecule has 4 rings (SSSR count). The fourth-order valence-electron chi connectivity index (χ4n) is 5.04. The highest BCUT2D eigenvalue weighted by atomic mass is 35.5. The van der Waals surface area contributed by atoms with E-state index in [1.165, 1.54) is 55.6 Å². The van der Waals surface area contributed by atoms with Gasteiger partial charge in [-0.2, -0.15) is 0 Å². The van der Waals surface area contributed by atoms with Crippen molar-refractivity contribution in [3.05, 3.63) is 87.2 Å². The van der Waals surface area contributed by atoms with Crippen LogP contribution in [-0.4, -0.2) is 35.8 Å². The minimum atomic E-state index is -1.05. The Morgan fingerprint density at radius 1 is 1.03 bits per heavy atom. The van der Waals surface area contributed by atoms with E-state index in [-0.39, 0.29) is 34.5 Å². The summed E-state index contributed by atoms with van der Waals surface area (Å²) in [4.78, 5) is 44.5. The molecule has 1 fully saturated rings. The van der Waals surface area contributed by atoms with Crippen molar-refractivity contribution in [2.75, 3.05) is 19.1 Å². The molecule has 0 saturated heterocycles. The van der Waals surface area contributed by atoms with Gasteiger partial charge < -0.3 is 9.47 Å². The summed E-state index contributed by atoms with van der Waals surface area (Å²) < 4.78 is 10.9. The summed E-state index contributed by atoms with van der Waals surface area (Å²) >= 11 is 5.97. The van der Waals surface area contributed by atoms with Crippen molar-refractivity contribution < 1.29 is 24.0 Å². The topological polar surface area (TPSA) is 112 Å². The average Bonchev–Trinajstić information content (AvgIpc) is 2.96. The minimum absolute atomic E-state index is 0.108. The number of methoxy groups -OCH3 is 2. The number of hydrogen-bond acceptors (Lipinski definition) is 7. The van der Waals surface area contributed by atoms with Gasteiger partial charge in [-0.15, -0.1) is 0 Å². The van der Waals surface area contributed by atoms with Crippen molar-refractivity contribution >= 4 is 34.7 Å². The standard InChI is InChI=1S/C29H30ClN3O6/c1-38-25-14-13-23(17-26(25)39-2)32(29(35)21-10-15-27(30)31-18-21)28(20-8-11-22(12-9-20)33(36)37)24(34)16-19-6-4-3-5-7-19/h8-15,17-19,28H,3-7,16H2,1-2H3. The van der Waals surface area contributed by atoms with E-state index in [2.05, 4.69) is 4.98 Å². The molecule has 1 aromatic heterocycles. The maximum atomic E-state index is 14.1. The number of rotatable bonds is 10. The molecule has 1 unspecified atom stereocenters. The number of non-ortho nitro benzene ring substituents is 1. The Bertz CT molecular complexity index is 1320. The number of benzene rings is 2. The van der Waals surface area contributed by atoms with E-state index >= 15 is 0 Å². The van der Waals surface area contributed by atoms with E-state index in [0.29, 0.717) is 22.7 Å². The number of nitrogens with zero attached hydrogens (tertiary/aromatic N) is 3. The van der Waals surface area contributed by atoms with Crippen LogP contribution in [0, 0.1) is 16.0 Å². The van der Waals surface area contributed by atoms with Crippen LogP contribution in [0.4, 0.5) is 11.4 Å². The van der Waals surface area contributed by atoms with Gasteiger partial charge in [0.05, 0.1) is 24.7 Å². The number of anilines is 1. The monoisotopic (exact) mass is 551 g/mol. The summed E-state index contributed by atoms with van der Waals surface area (Å²) in [5, 5.41) is 11.5. The number of nitro benzene ring substituents is 1. The zero-order valence-corrected chi connectivity index (χ0v) is 22.6. The molecule has 0 bridgehead atoms. The van der Waals surface area contributed by atoms with E-state index in [1.54, 1.807) is 24.3 Å². The molecule has 1 amide bonds. The maximum absolute atomic E-state index is 14.1. The summed E-state index contributed by atoms with van der Waals surface area (Å²) in [6, 6.07) is 12.7. The van der Waals surface area contributed by atoms with Crippen molar-refractivity contribution in [1.82, 2.24) is 4.98 Å². The number of halogens is 1. The number of amides is 1. The van der Waals surface area contributed by atoms with Crippen LogP contribution in [0.1, 0.15) is 60.5 Å². The molecule has 204 valence electrons. The Hall–Kier alpha value is -3.98. The number of aromatic nitrogens is 1. The van der Waals surface area contributed by atoms with Gasteiger partial charge in [-0.25, -0.2) is 4.98 Å². The zero-order valence-electron chi connectivity index (χ0n) is 21.8. The fourth-order valence-corrected chi connectivity index (χ4v) is 5.16. The first-order valence-corrected chi connectivity index (χ1v) is 13.1. The summed E-state index contributed by atoms with van der Waals surface area (Å²) in [6.45, 7) is 0. The van der Waals surface area contributed by atoms with Crippen molar-refractivity contribution in [2.45, 2.75) is 44.6 Å². The van der Waals surface area contributed by atoms with Gasteiger partial charge >= 0.3 is 0 Å². The van der Waals surface area contributed by atoms with Crippen LogP contribution in [0.25, 0.3) is 0 Å². The summed E-state index contributed by atoms with van der Waals surface area (Å²) in [7, 11) is 2.99. The normalized spacial score (nSPS) is 14.3. The molecule has 1 saturated carbocycles. The molecule has 1 aliphatic rings. The lowest BCUT2D eigenvalue weighted by Gasteiger charge is -2.33. The molecule has 2 aromatic carbocycles. The molecule has 9 nitrogen and oxygen atoms in total. The van der Waals surface area contributed by atoms with E-state index in [0.717, 1.165) is 32.1 Å². The summed E-state index contributed by atoms with van der Waals surface area (Å²) in [5.74, 6) is 0.422. The van der Waals surface area contributed by atoms with Crippen LogP contribution in [0.2, 0.25) is 5.15 Å². The number of hydrogen-bond donors (Lipinski definition) is 0.